The van der Waals surface area contributed by atoms with Crippen LogP contribution in [0.25, 0.3) is 0 Å². The second-order valence-electron chi connectivity index (χ2n) is 5.53. The lowest BCUT2D eigenvalue weighted by Gasteiger charge is -2.18. The molecule has 1 saturated carbocycles. The van der Waals surface area contributed by atoms with Gasteiger partial charge in [-0.2, -0.15) is 11.8 Å². The van der Waals surface area contributed by atoms with Crippen molar-refractivity contribution < 1.29 is 4.74 Å². The number of hydrogen-bond donors (Lipinski definition) is 1. The van der Waals surface area contributed by atoms with E-state index in [2.05, 4.69) is 48.4 Å². The molecule has 1 atom stereocenters. The van der Waals surface area contributed by atoms with Gasteiger partial charge in [0.2, 0.25) is 0 Å². The average molecular weight is 293 g/mol. The second-order valence-corrected chi connectivity index (χ2v) is 6.61. The zero-order valence-electron chi connectivity index (χ0n) is 12.7. The smallest absolute Gasteiger partial charge is 0.119 e. The lowest BCUT2D eigenvalue weighted by atomic mass is 10.1. The van der Waals surface area contributed by atoms with Crippen LogP contribution >= 0.6 is 11.8 Å². The van der Waals surface area contributed by atoms with Crippen LogP contribution in [0.4, 0.5) is 0 Å². The number of thioether (sulfide) groups is 1. The van der Waals surface area contributed by atoms with Crippen molar-refractivity contribution in [1.29, 1.82) is 0 Å². The molecule has 1 N–H and O–H groups in total. The van der Waals surface area contributed by atoms with Crippen molar-refractivity contribution in [1.82, 2.24) is 5.32 Å². The van der Waals surface area contributed by atoms with Crippen LogP contribution in [0.5, 0.6) is 5.75 Å². The third kappa shape index (κ3) is 4.71. The summed E-state index contributed by atoms with van der Waals surface area (Å²) in [6, 6.07) is 8.96. The predicted molar refractivity (Wildman–Crippen MR) is 88.7 cm³/mol. The number of benzene rings is 1. The molecule has 0 spiro atoms. The molecule has 0 saturated heterocycles. The first kappa shape index (κ1) is 15.7. The van der Waals surface area contributed by atoms with Crippen LogP contribution in [0.15, 0.2) is 24.3 Å². The van der Waals surface area contributed by atoms with Gasteiger partial charge in [-0.25, -0.2) is 0 Å². The molecule has 0 aliphatic heterocycles. The van der Waals surface area contributed by atoms with E-state index in [1.165, 1.54) is 37.0 Å². The number of ether oxygens (including phenoxy) is 1. The lowest BCUT2D eigenvalue weighted by molar-refractivity contribution is 0.340. The van der Waals surface area contributed by atoms with Crippen LogP contribution in [0.3, 0.4) is 0 Å². The maximum atomic E-state index is 5.50. The third-order valence-corrected chi connectivity index (χ3v) is 5.33. The molecule has 112 valence electrons. The van der Waals surface area contributed by atoms with E-state index >= 15 is 0 Å². The highest BCUT2D eigenvalue weighted by Gasteiger charge is 2.16. The standard InChI is InChI=1S/C17H27NOS/c1-3-19-16-10-8-15(9-11-16)17(18-2)13-20-12-14-6-4-5-7-14/h8-11,14,17-18H,3-7,12-13H2,1-2H3. The van der Waals surface area contributed by atoms with Crippen LogP contribution in [-0.4, -0.2) is 25.2 Å². The van der Waals surface area contributed by atoms with Crippen LogP contribution in [0.1, 0.15) is 44.2 Å². The number of hydrogen-bond acceptors (Lipinski definition) is 3. The van der Waals surface area contributed by atoms with E-state index in [-0.39, 0.29) is 0 Å². The summed E-state index contributed by atoms with van der Waals surface area (Å²) in [5.41, 5.74) is 1.36. The van der Waals surface area contributed by atoms with Gasteiger partial charge in [-0.1, -0.05) is 25.0 Å². The maximum Gasteiger partial charge on any atom is 0.119 e. The van der Waals surface area contributed by atoms with Gasteiger partial charge in [0.15, 0.2) is 0 Å². The first-order valence-corrected chi connectivity index (χ1v) is 8.96. The van der Waals surface area contributed by atoms with Crippen LogP contribution in [0.2, 0.25) is 0 Å². The topological polar surface area (TPSA) is 21.3 Å². The van der Waals surface area contributed by atoms with Gasteiger partial charge in [0.1, 0.15) is 5.75 Å². The molecule has 1 aliphatic carbocycles. The molecule has 1 unspecified atom stereocenters. The Morgan fingerprint density at radius 2 is 1.95 bits per heavy atom. The molecule has 2 nitrogen and oxygen atoms in total. The Morgan fingerprint density at radius 1 is 1.25 bits per heavy atom. The highest BCUT2D eigenvalue weighted by atomic mass is 32.2. The molecule has 1 aromatic rings. The monoisotopic (exact) mass is 293 g/mol. The minimum atomic E-state index is 0.442. The maximum absolute atomic E-state index is 5.50. The Labute approximate surface area is 127 Å². The first-order valence-electron chi connectivity index (χ1n) is 7.81. The van der Waals surface area contributed by atoms with Gasteiger partial charge in [0, 0.05) is 11.8 Å². The van der Waals surface area contributed by atoms with E-state index in [9.17, 15) is 0 Å². The van der Waals surface area contributed by atoms with Gasteiger partial charge in [-0.15, -0.1) is 0 Å². The Bertz CT molecular complexity index is 373. The summed E-state index contributed by atoms with van der Waals surface area (Å²) in [6.07, 6.45) is 5.78. The quantitative estimate of drug-likeness (QED) is 0.773. The van der Waals surface area contributed by atoms with Gasteiger partial charge in [0.25, 0.3) is 0 Å². The number of nitrogens with one attached hydrogen (secondary N) is 1. The fourth-order valence-corrected chi connectivity index (χ4v) is 4.24. The summed E-state index contributed by atoms with van der Waals surface area (Å²) in [4.78, 5) is 0. The summed E-state index contributed by atoms with van der Waals surface area (Å²) in [7, 11) is 2.05. The van der Waals surface area contributed by atoms with E-state index < -0.39 is 0 Å². The van der Waals surface area contributed by atoms with E-state index in [1.54, 1.807) is 0 Å². The normalized spacial score (nSPS) is 17.3. The molecular weight excluding hydrogens is 266 g/mol. The molecule has 0 heterocycles. The fraction of sp³-hybridized carbons (Fsp3) is 0.647. The zero-order chi connectivity index (χ0) is 14.2. The van der Waals surface area contributed by atoms with E-state index in [1.807, 2.05) is 6.92 Å². The van der Waals surface area contributed by atoms with Crippen LogP contribution < -0.4 is 10.1 Å². The molecule has 1 aromatic carbocycles. The van der Waals surface area contributed by atoms with Gasteiger partial charge in [-0.3, -0.25) is 0 Å². The lowest BCUT2D eigenvalue weighted by Crippen LogP contribution is -2.19. The van der Waals surface area contributed by atoms with Crippen molar-refractivity contribution >= 4 is 11.8 Å². The summed E-state index contributed by atoms with van der Waals surface area (Å²) in [6.45, 7) is 2.75. The van der Waals surface area contributed by atoms with Crippen molar-refractivity contribution in [3.05, 3.63) is 29.8 Å². The third-order valence-electron chi connectivity index (χ3n) is 4.05. The van der Waals surface area contributed by atoms with E-state index in [4.69, 9.17) is 4.74 Å². The molecule has 0 aromatic heterocycles. The van der Waals surface area contributed by atoms with Crippen LogP contribution in [0, 0.1) is 5.92 Å². The van der Waals surface area contributed by atoms with Crippen molar-refractivity contribution in [3.8, 4) is 5.75 Å². The first-order chi connectivity index (χ1) is 9.83. The highest BCUT2D eigenvalue weighted by molar-refractivity contribution is 7.99. The Morgan fingerprint density at radius 3 is 2.55 bits per heavy atom. The Kier molecular flexibility index (Phi) is 6.74. The fourth-order valence-electron chi connectivity index (χ4n) is 2.84. The molecule has 0 bridgehead atoms. The van der Waals surface area contributed by atoms with Crippen molar-refractivity contribution in [3.63, 3.8) is 0 Å². The second kappa shape index (κ2) is 8.58. The van der Waals surface area contributed by atoms with Crippen molar-refractivity contribution in [2.24, 2.45) is 5.92 Å². The van der Waals surface area contributed by atoms with Gasteiger partial charge >= 0.3 is 0 Å². The largest absolute Gasteiger partial charge is 0.494 e. The minimum Gasteiger partial charge on any atom is -0.494 e. The molecule has 3 heteroatoms. The van der Waals surface area contributed by atoms with E-state index in [0.29, 0.717) is 6.04 Å². The summed E-state index contributed by atoms with van der Waals surface area (Å²) in [5.74, 6) is 4.42. The predicted octanol–water partition coefficient (Wildman–Crippen LogP) is 4.27. The molecule has 1 fully saturated rings. The zero-order valence-corrected chi connectivity index (χ0v) is 13.5. The van der Waals surface area contributed by atoms with Crippen LogP contribution in [-0.2, 0) is 0 Å². The van der Waals surface area contributed by atoms with E-state index in [0.717, 1.165) is 24.0 Å². The molecule has 0 radical (unpaired) electrons. The summed E-state index contributed by atoms with van der Waals surface area (Å²) >= 11 is 2.10. The average Bonchev–Trinajstić information content (AvgIpc) is 2.98. The molecule has 1 aliphatic rings. The van der Waals surface area contributed by atoms with Gasteiger partial charge in [0.05, 0.1) is 6.61 Å². The summed E-state index contributed by atoms with van der Waals surface area (Å²) in [5, 5.41) is 3.43. The molecule has 20 heavy (non-hydrogen) atoms. The molecule has 0 amide bonds. The highest BCUT2D eigenvalue weighted by Crippen LogP contribution is 2.29. The van der Waals surface area contributed by atoms with Gasteiger partial charge in [-0.05, 0) is 56.2 Å². The Hall–Kier alpha value is -0.670. The minimum absolute atomic E-state index is 0.442. The Balaban J connectivity index is 1.80. The molecule has 2 rings (SSSR count). The number of rotatable bonds is 8. The van der Waals surface area contributed by atoms with Crippen molar-refractivity contribution in [2.45, 2.75) is 38.6 Å². The molecular formula is C17H27NOS. The SMILES string of the molecule is CCOc1ccc(C(CSCC2CCCC2)NC)cc1. The summed E-state index contributed by atoms with van der Waals surface area (Å²) < 4.78 is 5.50. The van der Waals surface area contributed by atoms with Crippen molar-refractivity contribution in [2.75, 3.05) is 25.2 Å². The van der Waals surface area contributed by atoms with Gasteiger partial charge < -0.3 is 10.1 Å².